The number of halogens is 1. The van der Waals surface area contributed by atoms with E-state index < -0.39 is 28.5 Å². The highest BCUT2D eigenvalue weighted by molar-refractivity contribution is 9.10. The molecule has 3 rings (SSSR count). The van der Waals surface area contributed by atoms with E-state index in [0.717, 1.165) is 19.9 Å². The van der Waals surface area contributed by atoms with Gasteiger partial charge in [-0.1, -0.05) is 57.9 Å². The highest BCUT2D eigenvalue weighted by Gasteiger charge is 2.33. The number of hydrogen-bond acceptors (Lipinski definition) is 5. The molecule has 8 nitrogen and oxygen atoms in total. The molecule has 0 aromatic heterocycles. The Morgan fingerprint density at radius 2 is 1.63 bits per heavy atom. The van der Waals surface area contributed by atoms with Crippen molar-refractivity contribution in [2.24, 2.45) is 0 Å². The average molecular weight is 603 g/mol. The van der Waals surface area contributed by atoms with Crippen LogP contribution in [-0.2, 0) is 26.2 Å². The first kappa shape index (κ1) is 29.2. The number of rotatable bonds is 11. The molecule has 0 heterocycles. The molecular weight excluding hydrogens is 570 g/mol. The molecule has 0 saturated carbocycles. The minimum atomic E-state index is -4.17. The van der Waals surface area contributed by atoms with Gasteiger partial charge in [-0.25, -0.2) is 8.42 Å². The van der Waals surface area contributed by atoms with Crippen molar-refractivity contribution in [1.29, 1.82) is 0 Å². The number of anilines is 1. The van der Waals surface area contributed by atoms with Gasteiger partial charge in [0.05, 0.1) is 17.2 Å². The normalized spacial score (nSPS) is 11.9. The van der Waals surface area contributed by atoms with Gasteiger partial charge in [0.15, 0.2) is 0 Å². The van der Waals surface area contributed by atoms with E-state index in [4.69, 9.17) is 4.74 Å². The van der Waals surface area contributed by atoms with Gasteiger partial charge >= 0.3 is 0 Å². The number of carbonyl (C=O) groups is 2. The molecule has 0 radical (unpaired) electrons. The molecule has 0 aliphatic rings. The summed E-state index contributed by atoms with van der Waals surface area (Å²) in [5.41, 5.74) is 1.93. The lowest BCUT2D eigenvalue weighted by atomic mass is 10.1. The van der Waals surface area contributed by atoms with Gasteiger partial charge in [0, 0.05) is 18.1 Å². The van der Waals surface area contributed by atoms with Crippen LogP contribution in [0.25, 0.3) is 0 Å². The third kappa shape index (κ3) is 6.93. The van der Waals surface area contributed by atoms with Crippen LogP contribution in [0, 0.1) is 6.92 Å². The summed E-state index contributed by atoms with van der Waals surface area (Å²) in [5, 5.41) is 2.58. The van der Waals surface area contributed by atoms with Crippen molar-refractivity contribution in [3.63, 3.8) is 0 Å². The zero-order chi connectivity index (χ0) is 27.9. The molecular formula is C28H32BrN3O5S. The lowest BCUT2D eigenvalue weighted by molar-refractivity contribution is -0.139. The molecule has 0 aliphatic carbocycles. The Kier molecular flexibility index (Phi) is 9.93. The molecule has 0 saturated heterocycles. The van der Waals surface area contributed by atoms with E-state index in [1.54, 1.807) is 50.2 Å². The van der Waals surface area contributed by atoms with Gasteiger partial charge in [-0.05, 0) is 62.7 Å². The molecule has 202 valence electrons. The van der Waals surface area contributed by atoms with Crippen LogP contribution in [0.4, 0.5) is 5.69 Å². The molecule has 0 aliphatic heterocycles. The quantitative estimate of drug-likeness (QED) is 0.349. The van der Waals surface area contributed by atoms with Gasteiger partial charge in [-0.2, -0.15) is 0 Å². The number of para-hydroxylation sites is 2. The summed E-state index contributed by atoms with van der Waals surface area (Å²) >= 11 is 3.40. The van der Waals surface area contributed by atoms with E-state index in [1.807, 2.05) is 31.2 Å². The summed E-state index contributed by atoms with van der Waals surface area (Å²) in [6, 6.07) is 19.6. The predicted molar refractivity (Wildman–Crippen MR) is 152 cm³/mol. The number of amides is 2. The maximum Gasteiger partial charge on any atom is 0.264 e. The Labute approximate surface area is 232 Å². The summed E-state index contributed by atoms with van der Waals surface area (Å²) in [5.74, 6) is -0.568. The maximum atomic E-state index is 13.9. The van der Waals surface area contributed by atoms with Crippen molar-refractivity contribution in [1.82, 2.24) is 10.2 Å². The molecule has 1 atom stereocenters. The van der Waals surface area contributed by atoms with E-state index in [-0.39, 0.29) is 23.0 Å². The molecule has 2 amide bonds. The summed E-state index contributed by atoms with van der Waals surface area (Å²) < 4.78 is 35.5. The van der Waals surface area contributed by atoms with Crippen molar-refractivity contribution in [3.8, 4) is 5.75 Å². The van der Waals surface area contributed by atoms with Crippen LogP contribution >= 0.6 is 15.9 Å². The van der Waals surface area contributed by atoms with Crippen molar-refractivity contribution in [2.45, 2.75) is 38.3 Å². The van der Waals surface area contributed by atoms with Crippen LogP contribution in [-0.4, -0.2) is 51.4 Å². The van der Waals surface area contributed by atoms with Crippen LogP contribution in [0.1, 0.15) is 25.0 Å². The predicted octanol–water partition coefficient (Wildman–Crippen LogP) is 4.51. The van der Waals surface area contributed by atoms with Gasteiger partial charge < -0.3 is 15.0 Å². The van der Waals surface area contributed by atoms with E-state index in [1.165, 1.54) is 24.1 Å². The van der Waals surface area contributed by atoms with Gasteiger partial charge in [0.2, 0.25) is 11.8 Å². The zero-order valence-corrected chi connectivity index (χ0v) is 24.3. The highest BCUT2D eigenvalue weighted by Crippen LogP contribution is 2.33. The lowest BCUT2D eigenvalue weighted by Crippen LogP contribution is -2.50. The van der Waals surface area contributed by atoms with Gasteiger partial charge in [-0.15, -0.1) is 0 Å². The van der Waals surface area contributed by atoms with Crippen LogP contribution in [0.5, 0.6) is 5.75 Å². The number of hydrogen-bond donors (Lipinski definition) is 1. The largest absolute Gasteiger partial charge is 0.492 e. The Morgan fingerprint density at radius 1 is 1.00 bits per heavy atom. The third-order valence-electron chi connectivity index (χ3n) is 6.00. The van der Waals surface area contributed by atoms with Crippen LogP contribution in [0.15, 0.2) is 82.2 Å². The Hall–Kier alpha value is -3.37. The molecule has 10 heteroatoms. The van der Waals surface area contributed by atoms with Gasteiger partial charge in [0.25, 0.3) is 10.0 Å². The number of sulfonamides is 1. The van der Waals surface area contributed by atoms with Gasteiger partial charge in [-0.3, -0.25) is 13.9 Å². The average Bonchev–Trinajstić information content (AvgIpc) is 2.91. The van der Waals surface area contributed by atoms with Crippen molar-refractivity contribution >= 4 is 43.5 Å². The van der Waals surface area contributed by atoms with Crippen molar-refractivity contribution in [3.05, 3.63) is 88.4 Å². The minimum Gasteiger partial charge on any atom is -0.492 e. The Morgan fingerprint density at radius 3 is 2.24 bits per heavy atom. The van der Waals surface area contributed by atoms with Gasteiger partial charge in [0.1, 0.15) is 18.3 Å². The fourth-order valence-electron chi connectivity index (χ4n) is 3.87. The first-order chi connectivity index (χ1) is 18.1. The van der Waals surface area contributed by atoms with Crippen LogP contribution < -0.4 is 14.4 Å². The number of nitrogens with one attached hydrogen (secondary N) is 1. The first-order valence-corrected chi connectivity index (χ1v) is 14.4. The molecule has 1 unspecified atom stereocenters. The number of benzene rings is 3. The SMILES string of the molecule is CCOc1ccccc1N(CC(=O)N(Cc1ccc(Br)cc1)C(C)C(=O)NC)S(=O)(=O)c1ccc(C)cc1. The topological polar surface area (TPSA) is 96.0 Å². The fourth-order valence-corrected chi connectivity index (χ4v) is 5.56. The second-order valence-electron chi connectivity index (χ2n) is 8.66. The maximum absolute atomic E-state index is 13.9. The molecule has 0 bridgehead atoms. The second-order valence-corrected chi connectivity index (χ2v) is 11.4. The second kappa shape index (κ2) is 12.9. The number of aryl methyl sites for hydroxylation is 1. The standard InChI is InChI=1S/C28H32BrN3O5S/c1-5-37-26-9-7-6-8-25(26)32(38(35,36)24-16-10-20(2)11-17-24)19-27(33)31(21(3)28(34)30-4)18-22-12-14-23(29)15-13-22/h6-17,21H,5,18-19H2,1-4H3,(H,30,34). The monoisotopic (exact) mass is 601 g/mol. The van der Waals surface area contributed by atoms with Crippen molar-refractivity contribution in [2.75, 3.05) is 24.5 Å². The number of likely N-dealkylation sites (N-methyl/N-ethyl adjacent to an activating group) is 1. The zero-order valence-electron chi connectivity index (χ0n) is 21.8. The summed E-state index contributed by atoms with van der Waals surface area (Å²) in [6.07, 6.45) is 0. The molecule has 3 aromatic rings. The highest BCUT2D eigenvalue weighted by atomic mass is 79.9. The molecule has 38 heavy (non-hydrogen) atoms. The molecule has 1 N–H and O–H groups in total. The Bertz CT molecular complexity index is 1360. The molecule has 0 spiro atoms. The molecule has 0 fully saturated rings. The number of nitrogens with zero attached hydrogens (tertiary/aromatic N) is 2. The van der Waals surface area contributed by atoms with Crippen LogP contribution in [0.2, 0.25) is 0 Å². The van der Waals surface area contributed by atoms with E-state index >= 15 is 0 Å². The smallest absolute Gasteiger partial charge is 0.264 e. The lowest BCUT2D eigenvalue weighted by Gasteiger charge is -2.32. The third-order valence-corrected chi connectivity index (χ3v) is 8.30. The summed E-state index contributed by atoms with van der Waals surface area (Å²) in [6.45, 7) is 5.17. The summed E-state index contributed by atoms with van der Waals surface area (Å²) in [4.78, 5) is 27.9. The first-order valence-electron chi connectivity index (χ1n) is 12.1. The van der Waals surface area contributed by atoms with Crippen molar-refractivity contribution < 1.29 is 22.7 Å². The summed E-state index contributed by atoms with van der Waals surface area (Å²) in [7, 11) is -2.68. The molecule has 3 aromatic carbocycles. The minimum absolute atomic E-state index is 0.0426. The number of ether oxygens (including phenoxy) is 1. The van der Waals surface area contributed by atoms with E-state index in [2.05, 4.69) is 21.2 Å². The number of carbonyl (C=O) groups excluding carboxylic acids is 2. The van der Waals surface area contributed by atoms with Crippen LogP contribution in [0.3, 0.4) is 0 Å². The Balaban J connectivity index is 2.08. The van der Waals surface area contributed by atoms with E-state index in [9.17, 15) is 18.0 Å². The fraction of sp³-hybridized carbons (Fsp3) is 0.286. The van der Waals surface area contributed by atoms with E-state index in [0.29, 0.717) is 12.4 Å².